The molecule has 1 aromatic rings. The van der Waals surface area contributed by atoms with E-state index in [-0.39, 0.29) is 6.04 Å². The quantitative estimate of drug-likeness (QED) is 0.716. The highest BCUT2D eigenvalue weighted by Gasteiger charge is 1.97. The lowest BCUT2D eigenvalue weighted by molar-refractivity contribution is -0.131. The Morgan fingerprint density at radius 3 is 2.43 bits per heavy atom. The minimum atomic E-state index is -0.943. The minimum Gasteiger partial charge on any atom is -0.478 e. The van der Waals surface area contributed by atoms with E-state index in [1.807, 2.05) is 31.2 Å². The number of rotatable bonds is 3. The van der Waals surface area contributed by atoms with Gasteiger partial charge in [-0.05, 0) is 24.1 Å². The van der Waals surface area contributed by atoms with E-state index in [1.54, 1.807) is 6.08 Å². The van der Waals surface area contributed by atoms with E-state index < -0.39 is 5.97 Å². The average Bonchev–Trinajstić information content (AvgIpc) is 2.15. The second-order valence-electron chi connectivity index (χ2n) is 3.13. The van der Waals surface area contributed by atoms with Gasteiger partial charge >= 0.3 is 5.97 Å². The number of carboxylic acids is 1. The SMILES string of the molecule is C[C@@H](N)c1ccc(/C=C/C(=O)O)cc1. The first-order chi connectivity index (χ1) is 6.59. The zero-order valence-corrected chi connectivity index (χ0v) is 7.97. The van der Waals surface area contributed by atoms with Gasteiger partial charge in [0.1, 0.15) is 0 Å². The molecule has 0 amide bonds. The average molecular weight is 191 g/mol. The molecule has 0 aliphatic carbocycles. The summed E-state index contributed by atoms with van der Waals surface area (Å²) in [4.78, 5) is 10.2. The molecule has 3 N–H and O–H groups in total. The Hall–Kier alpha value is -1.61. The fourth-order valence-electron chi connectivity index (χ4n) is 1.08. The number of carbonyl (C=O) groups is 1. The molecule has 0 saturated heterocycles. The molecule has 0 aromatic heterocycles. The smallest absolute Gasteiger partial charge is 0.328 e. The molecule has 0 bridgehead atoms. The Bertz CT molecular complexity index is 339. The first-order valence-electron chi connectivity index (χ1n) is 4.36. The second kappa shape index (κ2) is 4.58. The highest BCUT2D eigenvalue weighted by atomic mass is 16.4. The van der Waals surface area contributed by atoms with Crippen molar-refractivity contribution in [3.05, 3.63) is 41.5 Å². The molecule has 3 heteroatoms. The number of hydrogen-bond acceptors (Lipinski definition) is 2. The standard InChI is InChI=1S/C11H13NO2/c1-8(12)10-5-2-9(3-6-10)4-7-11(13)14/h2-8H,12H2,1H3,(H,13,14)/b7-4+/t8-/m1/s1. The van der Waals surface area contributed by atoms with Gasteiger partial charge in [-0.15, -0.1) is 0 Å². The maximum absolute atomic E-state index is 10.2. The topological polar surface area (TPSA) is 63.3 Å². The van der Waals surface area contributed by atoms with Crippen LogP contribution in [0.15, 0.2) is 30.3 Å². The van der Waals surface area contributed by atoms with Gasteiger partial charge in [0, 0.05) is 12.1 Å². The van der Waals surface area contributed by atoms with Crippen LogP contribution in [0.5, 0.6) is 0 Å². The van der Waals surface area contributed by atoms with Gasteiger partial charge in [-0.25, -0.2) is 4.79 Å². The molecule has 0 unspecified atom stereocenters. The van der Waals surface area contributed by atoms with Crippen molar-refractivity contribution in [1.82, 2.24) is 0 Å². The predicted octanol–water partition coefficient (Wildman–Crippen LogP) is 1.80. The van der Waals surface area contributed by atoms with Crippen LogP contribution in [0.4, 0.5) is 0 Å². The van der Waals surface area contributed by atoms with Gasteiger partial charge in [-0.2, -0.15) is 0 Å². The highest BCUT2D eigenvalue weighted by Crippen LogP contribution is 2.11. The third kappa shape index (κ3) is 3.03. The van der Waals surface area contributed by atoms with Gasteiger partial charge in [-0.3, -0.25) is 0 Å². The molecule has 0 saturated carbocycles. The molecule has 0 aliphatic heterocycles. The summed E-state index contributed by atoms with van der Waals surface area (Å²) in [6.07, 6.45) is 2.66. The summed E-state index contributed by atoms with van der Waals surface area (Å²) in [5.74, 6) is -0.943. The Morgan fingerprint density at radius 1 is 1.43 bits per heavy atom. The van der Waals surface area contributed by atoms with Crippen LogP contribution in [0, 0.1) is 0 Å². The Morgan fingerprint density at radius 2 is 2.00 bits per heavy atom. The molecule has 3 nitrogen and oxygen atoms in total. The summed E-state index contributed by atoms with van der Waals surface area (Å²) >= 11 is 0. The molecule has 0 spiro atoms. The molecule has 1 atom stereocenters. The summed E-state index contributed by atoms with van der Waals surface area (Å²) < 4.78 is 0. The van der Waals surface area contributed by atoms with Crippen molar-refractivity contribution in [3.63, 3.8) is 0 Å². The van der Waals surface area contributed by atoms with Crippen LogP contribution in [-0.2, 0) is 4.79 Å². The summed E-state index contributed by atoms with van der Waals surface area (Å²) in [6.45, 7) is 1.90. The van der Waals surface area contributed by atoms with E-state index in [9.17, 15) is 4.79 Å². The summed E-state index contributed by atoms with van der Waals surface area (Å²) in [7, 11) is 0. The normalized spacial score (nSPS) is 13.0. The fourth-order valence-corrected chi connectivity index (χ4v) is 1.08. The number of benzene rings is 1. The Kier molecular flexibility index (Phi) is 3.42. The fraction of sp³-hybridized carbons (Fsp3) is 0.182. The van der Waals surface area contributed by atoms with Crippen molar-refractivity contribution >= 4 is 12.0 Å². The van der Waals surface area contributed by atoms with E-state index in [0.29, 0.717) is 0 Å². The van der Waals surface area contributed by atoms with Crippen LogP contribution >= 0.6 is 0 Å². The first kappa shape index (κ1) is 10.5. The van der Waals surface area contributed by atoms with Crippen molar-refractivity contribution < 1.29 is 9.90 Å². The molecule has 0 heterocycles. The van der Waals surface area contributed by atoms with E-state index in [0.717, 1.165) is 17.2 Å². The molecule has 0 radical (unpaired) electrons. The van der Waals surface area contributed by atoms with E-state index in [1.165, 1.54) is 0 Å². The number of nitrogens with two attached hydrogens (primary N) is 1. The molecular formula is C11H13NO2. The maximum atomic E-state index is 10.2. The van der Waals surface area contributed by atoms with E-state index >= 15 is 0 Å². The molecule has 14 heavy (non-hydrogen) atoms. The summed E-state index contributed by atoms with van der Waals surface area (Å²) in [5.41, 5.74) is 7.57. The number of carboxylic acid groups (broad SMARTS) is 1. The Labute approximate surface area is 82.9 Å². The molecule has 1 rings (SSSR count). The van der Waals surface area contributed by atoms with Gasteiger partial charge in [0.05, 0.1) is 0 Å². The molecule has 0 fully saturated rings. The van der Waals surface area contributed by atoms with Gasteiger partial charge in [-0.1, -0.05) is 24.3 Å². The lowest BCUT2D eigenvalue weighted by Crippen LogP contribution is -2.04. The zero-order valence-electron chi connectivity index (χ0n) is 7.97. The van der Waals surface area contributed by atoms with Crippen LogP contribution in [0.2, 0.25) is 0 Å². The van der Waals surface area contributed by atoms with Gasteiger partial charge in [0.15, 0.2) is 0 Å². The van der Waals surface area contributed by atoms with Crippen LogP contribution in [0.25, 0.3) is 6.08 Å². The van der Waals surface area contributed by atoms with Crippen molar-refractivity contribution in [2.24, 2.45) is 5.73 Å². The largest absolute Gasteiger partial charge is 0.478 e. The van der Waals surface area contributed by atoms with Crippen LogP contribution in [0.1, 0.15) is 24.1 Å². The highest BCUT2D eigenvalue weighted by molar-refractivity contribution is 5.85. The first-order valence-corrected chi connectivity index (χ1v) is 4.36. The number of hydrogen-bond donors (Lipinski definition) is 2. The Balaban J connectivity index is 2.78. The second-order valence-corrected chi connectivity index (χ2v) is 3.13. The third-order valence-corrected chi connectivity index (χ3v) is 1.88. The van der Waals surface area contributed by atoms with Crippen molar-refractivity contribution in [3.8, 4) is 0 Å². The lowest BCUT2D eigenvalue weighted by Gasteiger charge is -2.04. The van der Waals surface area contributed by atoms with Crippen molar-refractivity contribution in [1.29, 1.82) is 0 Å². The van der Waals surface area contributed by atoms with Crippen molar-refractivity contribution in [2.75, 3.05) is 0 Å². The van der Waals surface area contributed by atoms with Gasteiger partial charge in [0.2, 0.25) is 0 Å². The molecule has 1 aromatic carbocycles. The zero-order chi connectivity index (χ0) is 10.6. The molecule has 0 aliphatic rings. The molecular weight excluding hydrogens is 178 g/mol. The summed E-state index contributed by atoms with van der Waals surface area (Å²) in [5, 5.41) is 8.41. The van der Waals surface area contributed by atoms with E-state index in [2.05, 4.69) is 0 Å². The number of aliphatic carboxylic acids is 1. The summed E-state index contributed by atoms with van der Waals surface area (Å²) in [6, 6.07) is 7.49. The van der Waals surface area contributed by atoms with Gasteiger partial charge in [0.25, 0.3) is 0 Å². The predicted molar refractivity (Wildman–Crippen MR) is 55.7 cm³/mol. The van der Waals surface area contributed by atoms with Crippen LogP contribution in [0.3, 0.4) is 0 Å². The maximum Gasteiger partial charge on any atom is 0.328 e. The van der Waals surface area contributed by atoms with Crippen LogP contribution in [-0.4, -0.2) is 11.1 Å². The van der Waals surface area contributed by atoms with E-state index in [4.69, 9.17) is 10.8 Å². The molecule has 74 valence electrons. The minimum absolute atomic E-state index is 0.00695. The monoisotopic (exact) mass is 191 g/mol. The third-order valence-electron chi connectivity index (χ3n) is 1.88. The van der Waals surface area contributed by atoms with Gasteiger partial charge < -0.3 is 10.8 Å². The van der Waals surface area contributed by atoms with Crippen molar-refractivity contribution in [2.45, 2.75) is 13.0 Å². The lowest BCUT2D eigenvalue weighted by atomic mass is 10.1. The van der Waals surface area contributed by atoms with Crippen LogP contribution < -0.4 is 5.73 Å².